The van der Waals surface area contributed by atoms with E-state index in [0.29, 0.717) is 27.8 Å². The zero-order chi connectivity index (χ0) is 39.2. The fourth-order valence-electron chi connectivity index (χ4n) is 6.24. The van der Waals surface area contributed by atoms with Gasteiger partial charge in [0.2, 0.25) is 0 Å². The van der Waals surface area contributed by atoms with Crippen LogP contribution in [0.25, 0.3) is 59.5 Å². The molecule has 0 aliphatic carbocycles. The van der Waals surface area contributed by atoms with Crippen LogP contribution in [0.2, 0.25) is 0 Å². The number of aromatic nitrogens is 3. The Balaban J connectivity index is 0.000000217. The van der Waals surface area contributed by atoms with Gasteiger partial charge >= 0.3 is 0 Å². The van der Waals surface area contributed by atoms with Crippen LogP contribution in [-0.4, -0.2) is 14.5 Å². The number of fused-ring (bicyclic) bond motifs is 4. The molecule has 3 nitrogen and oxygen atoms in total. The standard InChI is InChI=1S/C31H26FN2S.C13H12N.Ir/c1-18(2)20-10-7-11-21(19(3)4)28(20)34-27-17-6-5-16-26(27)33-31(34)24-14-8-12-22-23-13-9-15-25(32)30(23)35-29(22)24;1-10-8-13(14-9-11(10)2)12-6-4-3-5-7-12;/h5-13,15-19H,1-4H3;3-6,8-9H,1-2H3;/q2*-1;/i;1D3,2D3;. The minimum Gasteiger partial charge on any atom is -0.333 e. The van der Waals surface area contributed by atoms with Crippen molar-refractivity contribution in [2.75, 3.05) is 0 Å². The first-order chi connectivity index (χ1) is 26.1. The van der Waals surface area contributed by atoms with Gasteiger partial charge in [-0.15, -0.1) is 54.1 Å². The third kappa shape index (κ3) is 6.56. The topological polar surface area (TPSA) is 30.7 Å². The summed E-state index contributed by atoms with van der Waals surface area (Å²) in [5, 5.41) is 1.98. The first-order valence-corrected chi connectivity index (χ1v) is 17.1. The number of aryl methyl sites for hydroxylation is 2. The monoisotopic (exact) mass is 858 g/mol. The van der Waals surface area contributed by atoms with Crippen LogP contribution in [0.3, 0.4) is 0 Å². The van der Waals surface area contributed by atoms with Gasteiger partial charge in [-0.3, -0.25) is 4.98 Å². The Morgan fingerprint density at radius 1 is 0.760 bits per heavy atom. The van der Waals surface area contributed by atoms with Crippen molar-refractivity contribution in [1.82, 2.24) is 14.5 Å². The summed E-state index contributed by atoms with van der Waals surface area (Å²) in [4.78, 5) is 9.20. The zero-order valence-electron chi connectivity index (χ0n) is 34.0. The second kappa shape index (κ2) is 14.8. The number of para-hydroxylation sites is 3. The summed E-state index contributed by atoms with van der Waals surface area (Å²) in [6, 6.07) is 38.9. The molecule has 8 aromatic rings. The first kappa shape index (κ1) is 28.2. The smallest absolute Gasteiger partial charge is 0.140 e. The molecule has 1 radical (unpaired) electrons. The molecule has 0 aliphatic heterocycles. The molecule has 3 heterocycles. The van der Waals surface area contributed by atoms with Gasteiger partial charge in [0, 0.05) is 40.2 Å². The van der Waals surface area contributed by atoms with Crippen molar-refractivity contribution in [1.29, 1.82) is 0 Å². The zero-order valence-corrected chi connectivity index (χ0v) is 31.2. The van der Waals surface area contributed by atoms with E-state index < -0.39 is 13.7 Å². The summed E-state index contributed by atoms with van der Waals surface area (Å²) >= 11 is 1.48. The molecule has 3 aromatic heterocycles. The average Bonchev–Trinajstić information content (AvgIpc) is 3.74. The van der Waals surface area contributed by atoms with Crippen LogP contribution in [0.4, 0.5) is 4.39 Å². The molecule has 253 valence electrons. The van der Waals surface area contributed by atoms with Gasteiger partial charge < -0.3 is 9.55 Å². The Labute approximate surface area is 319 Å². The van der Waals surface area contributed by atoms with Gasteiger partial charge in [-0.25, -0.2) is 4.39 Å². The molecule has 0 spiro atoms. The third-order valence-corrected chi connectivity index (χ3v) is 9.90. The summed E-state index contributed by atoms with van der Waals surface area (Å²) in [5.41, 5.74) is 7.26. The second-order valence-corrected chi connectivity index (χ2v) is 13.6. The van der Waals surface area contributed by atoms with Crippen LogP contribution >= 0.6 is 11.3 Å². The Bertz CT molecular complexity index is 2640. The summed E-state index contributed by atoms with van der Waals surface area (Å²) < 4.78 is 63.4. The van der Waals surface area contributed by atoms with Crippen molar-refractivity contribution in [3.05, 3.63) is 150 Å². The molecular formula is C44H38FIrN3S-2. The SMILES string of the molecule is CC(C)c1cccc(C(C)C)c1-n1c(-c2[c-]ccc3c2sc2c(F)cccc23)nc2ccccc21.[2H]C([2H])([2H])c1cnc(-c2[c-]cccc2)cc1C([2H])([2H])[2H].[Ir]. The maximum atomic E-state index is 14.7. The van der Waals surface area contributed by atoms with Crippen LogP contribution in [0.15, 0.2) is 109 Å². The molecule has 0 amide bonds. The Morgan fingerprint density at radius 2 is 1.48 bits per heavy atom. The minimum absolute atomic E-state index is 0. The van der Waals surface area contributed by atoms with E-state index in [4.69, 9.17) is 13.2 Å². The molecule has 0 unspecified atom stereocenters. The number of benzene rings is 5. The normalized spacial score (nSPS) is 13.6. The number of rotatable bonds is 5. The van der Waals surface area contributed by atoms with Crippen molar-refractivity contribution in [3.8, 4) is 28.3 Å². The van der Waals surface area contributed by atoms with E-state index in [-0.39, 0.29) is 37.0 Å². The minimum atomic E-state index is -2.50. The van der Waals surface area contributed by atoms with E-state index in [1.165, 1.54) is 40.3 Å². The molecule has 0 fully saturated rings. The van der Waals surface area contributed by atoms with E-state index >= 15 is 0 Å². The maximum absolute atomic E-state index is 14.7. The van der Waals surface area contributed by atoms with Crippen LogP contribution in [0.1, 0.15) is 70.0 Å². The summed E-state index contributed by atoms with van der Waals surface area (Å²) in [6.45, 7) is 3.95. The van der Waals surface area contributed by atoms with Gasteiger partial charge in [0.1, 0.15) is 5.82 Å². The Hall–Kier alpha value is -4.48. The largest absolute Gasteiger partial charge is 0.333 e. The van der Waals surface area contributed by atoms with E-state index in [2.05, 4.69) is 85.8 Å². The number of imidazole rings is 1. The van der Waals surface area contributed by atoms with Gasteiger partial charge in [-0.05, 0) is 76.2 Å². The summed E-state index contributed by atoms with van der Waals surface area (Å²) in [5.74, 6) is 1.35. The predicted molar refractivity (Wildman–Crippen MR) is 204 cm³/mol. The second-order valence-electron chi connectivity index (χ2n) is 12.6. The fourth-order valence-corrected chi connectivity index (χ4v) is 7.44. The third-order valence-electron chi connectivity index (χ3n) is 8.65. The van der Waals surface area contributed by atoms with Gasteiger partial charge in [0.05, 0.1) is 21.6 Å². The Kier molecular flexibility index (Phi) is 8.35. The van der Waals surface area contributed by atoms with E-state index in [1.54, 1.807) is 30.3 Å². The van der Waals surface area contributed by atoms with Crippen LogP contribution in [0, 0.1) is 31.7 Å². The quantitative estimate of drug-likeness (QED) is 0.161. The Morgan fingerprint density at radius 3 is 2.20 bits per heavy atom. The number of halogens is 1. The van der Waals surface area contributed by atoms with Gasteiger partial charge in [-0.1, -0.05) is 92.7 Å². The van der Waals surface area contributed by atoms with Crippen molar-refractivity contribution < 1.29 is 32.7 Å². The van der Waals surface area contributed by atoms with Crippen LogP contribution < -0.4 is 0 Å². The van der Waals surface area contributed by atoms with Gasteiger partial charge in [0.25, 0.3) is 0 Å². The number of nitrogens with zero attached hydrogens (tertiary/aromatic N) is 3. The average molecular weight is 858 g/mol. The fraction of sp³-hybridized carbons (Fsp3) is 0.182. The van der Waals surface area contributed by atoms with E-state index in [1.807, 2.05) is 24.3 Å². The number of hydrogen-bond acceptors (Lipinski definition) is 3. The van der Waals surface area contributed by atoms with Crippen molar-refractivity contribution >= 4 is 42.5 Å². The molecule has 6 heteroatoms. The van der Waals surface area contributed by atoms with Crippen molar-refractivity contribution in [2.45, 2.75) is 53.2 Å². The van der Waals surface area contributed by atoms with E-state index in [0.717, 1.165) is 44.1 Å². The molecule has 0 saturated carbocycles. The molecule has 5 aromatic carbocycles. The number of thiophene rings is 1. The number of pyridine rings is 1. The summed E-state index contributed by atoms with van der Waals surface area (Å²) in [7, 11) is 0. The molecule has 0 N–H and O–H groups in total. The molecule has 0 atom stereocenters. The molecule has 0 saturated heterocycles. The molecule has 8 rings (SSSR count). The number of hydrogen-bond donors (Lipinski definition) is 0. The maximum Gasteiger partial charge on any atom is 0.140 e. The molecule has 0 aliphatic rings. The van der Waals surface area contributed by atoms with Crippen molar-refractivity contribution in [2.24, 2.45) is 0 Å². The van der Waals surface area contributed by atoms with Crippen molar-refractivity contribution in [3.63, 3.8) is 0 Å². The van der Waals surface area contributed by atoms with E-state index in [9.17, 15) is 4.39 Å². The van der Waals surface area contributed by atoms with Crippen LogP contribution in [0.5, 0.6) is 0 Å². The predicted octanol–water partition coefficient (Wildman–Crippen LogP) is 12.4. The summed E-state index contributed by atoms with van der Waals surface area (Å²) in [6.07, 6.45) is 1.12. The molecule has 0 bridgehead atoms. The first-order valence-electron chi connectivity index (χ1n) is 19.3. The van der Waals surface area contributed by atoms with Crippen LogP contribution in [-0.2, 0) is 20.1 Å². The molecule has 50 heavy (non-hydrogen) atoms. The molecular weight excluding hydrogens is 814 g/mol. The van der Waals surface area contributed by atoms with Gasteiger partial charge in [-0.2, -0.15) is 11.3 Å². The van der Waals surface area contributed by atoms with Gasteiger partial charge in [0.15, 0.2) is 0 Å².